The Morgan fingerprint density at radius 3 is 2.15 bits per heavy atom. The number of ether oxygens (including phenoxy) is 2. The number of methoxy groups -OCH3 is 1. The third kappa shape index (κ3) is 4.84. The van der Waals surface area contributed by atoms with Crippen LogP contribution in [0, 0.1) is 0 Å². The molecule has 2 N–H and O–H groups in total. The largest absolute Gasteiger partial charge is 0.497 e. The van der Waals surface area contributed by atoms with E-state index in [1.807, 2.05) is 42.5 Å². The van der Waals surface area contributed by atoms with Crippen LogP contribution in [0.1, 0.15) is 15.9 Å². The Hall–Kier alpha value is -3.31. The van der Waals surface area contributed by atoms with Crippen molar-refractivity contribution in [2.75, 3.05) is 12.5 Å². The highest BCUT2D eigenvalue weighted by molar-refractivity contribution is 5.91. The van der Waals surface area contributed by atoms with Gasteiger partial charge in [0.15, 0.2) is 0 Å². The van der Waals surface area contributed by atoms with Crippen LogP contribution in [-0.2, 0) is 6.54 Å². The summed E-state index contributed by atoms with van der Waals surface area (Å²) in [5.41, 5.74) is 8.81. The molecule has 5 nitrogen and oxygen atoms in total. The van der Waals surface area contributed by atoms with E-state index in [0.29, 0.717) is 23.6 Å². The molecule has 0 atom stereocenters. The van der Waals surface area contributed by atoms with Gasteiger partial charge in [-0.15, -0.1) is 0 Å². The van der Waals surface area contributed by atoms with Crippen molar-refractivity contribution in [1.82, 2.24) is 5.43 Å². The minimum absolute atomic E-state index is 0.399. The van der Waals surface area contributed by atoms with Gasteiger partial charge in [0.25, 0.3) is 0 Å². The van der Waals surface area contributed by atoms with Crippen molar-refractivity contribution in [2.45, 2.75) is 6.54 Å². The monoisotopic (exact) mass is 348 g/mol. The van der Waals surface area contributed by atoms with E-state index in [1.54, 1.807) is 43.5 Å². The molecule has 26 heavy (non-hydrogen) atoms. The number of hydrazine groups is 1. The van der Waals surface area contributed by atoms with Crippen molar-refractivity contribution in [3.8, 4) is 11.5 Å². The Kier molecular flexibility index (Phi) is 5.85. The molecule has 0 aliphatic carbocycles. The van der Waals surface area contributed by atoms with Crippen LogP contribution in [0.25, 0.3) is 0 Å². The second kappa shape index (κ2) is 8.69. The third-order valence-electron chi connectivity index (χ3n) is 3.76. The smallest absolute Gasteiger partial charge is 0.343 e. The minimum Gasteiger partial charge on any atom is -0.497 e. The number of para-hydroxylation sites is 1. The summed E-state index contributed by atoms with van der Waals surface area (Å²) in [6.45, 7) is 0.640. The van der Waals surface area contributed by atoms with Crippen molar-refractivity contribution in [2.24, 2.45) is 0 Å². The zero-order valence-electron chi connectivity index (χ0n) is 14.4. The van der Waals surface area contributed by atoms with Crippen LogP contribution < -0.4 is 20.3 Å². The van der Waals surface area contributed by atoms with E-state index in [0.717, 1.165) is 11.3 Å². The van der Waals surface area contributed by atoms with Gasteiger partial charge in [0.05, 0.1) is 12.7 Å². The molecule has 0 aliphatic heterocycles. The number of rotatable bonds is 7. The fraction of sp³-hybridized carbons (Fsp3) is 0.0952. The van der Waals surface area contributed by atoms with Crippen molar-refractivity contribution in [3.63, 3.8) is 0 Å². The highest BCUT2D eigenvalue weighted by Crippen LogP contribution is 2.16. The standard InChI is InChI=1S/C21H20N2O3/c1-25-19-13-9-17(10-14-19)21(24)26-20-11-7-16(8-12-20)15-22-23-18-5-3-2-4-6-18/h2-14,22-23H,15H2,1H3. The molecule has 0 saturated heterocycles. The lowest BCUT2D eigenvalue weighted by molar-refractivity contribution is 0.0734. The molecule has 132 valence electrons. The summed E-state index contributed by atoms with van der Waals surface area (Å²) >= 11 is 0. The minimum atomic E-state index is -0.399. The first kappa shape index (κ1) is 17.5. The van der Waals surface area contributed by atoms with E-state index < -0.39 is 5.97 Å². The maximum Gasteiger partial charge on any atom is 0.343 e. The summed E-state index contributed by atoms with van der Waals surface area (Å²) < 4.78 is 10.5. The molecular formula is C21H20N2O3. The zero-order valence-corrected chi connectivity index (χ0v) is 14.4. The van der Waals surface area contributed by atoms with E-state index in [9.17, 15) is 4.79 Å². The molecule has 5 heteroatoms. The Bertz CT molecular complexity index is 831. The number of anilines is 1. The van der Waals surface area contributed by atoms with Gasteiger partial charge in [0.1, 0.15) is 11.5 Å². The molecule has 0 spiro atoms. The van der Waals surface area contributed by atoms with Crippen molar-refractivity contribution < 1.29 is 14.3 Å². The van der Waals surface area contributed by atoms with Crippen molar-refractivity contribution in [1.29, 1.82) is 0 Å². The maximum atomic E-state index is 12.1. The molecule has 0 aromatic heterocycles. The number of esters is 1. The number of benzene rings is 3. The van der Waals surface area contributed by atoms with Gasteiger partial charge < -0.3 is 14.9 Å². The quantitative estimate of drug-likeness (QED) is 0.383. The number of carbonyl (C=O) groups is 1. The molecule has 0 saturated carbocycles. The molecule has 0 bridgehead atoms. The van der Waals surface area contributed by atoms with Crippen LogP contribution >= 0.6 is 0 Å². The Morgan fingerprint density at radius 1 is 0.846 bits per heavy atom. The highest BCUT2D eigenvalue weighted by atomic mass is 16.5. The molecule has 3 rings (SSSR count). The van der Waals surface area contributed by atoms with Gasteiger partial charge in [-0.2, -0.15) is 0 Å². The summed E-state index contributed by atoms with van der Waals surface area (Å²) in [5, 5.41) is 0. The number of nitrogens with one attached hydrogen (secondary N) is 2. The summed E-state index contributed by atoms with van der Waals surface area (Å²) in [7, 11) is 1.58. The van der Waals surface area contributed by atoms with Crippen LogP contribution in [0.15, 0.2) is 78.9 Å². The molecule has 3 aromatic rings. The number of hydrogen-bond donors (Lipinski definition) is 2. The SMILES string of the molecule is COc1ccc(C(=O)Oc2ccc(CNNc3ccccc3)cc2)cc1. The van der Waals surface area contributed by atoms with E-state index in [4.69, 9.17) is 9.47 Å². The topological polar surface area (TPSA) is 59.6 Å². The second-order valence-corrected chi connectivity index (χ2v) is 5.61. The number of carbonyl (C=O) groups excluding carboxylic acids is 1. The third-order valence-corrected chi connectivity index (χ3v) is 3.76. The summed E-state index contributed by atoms with van der Waals surface area (Å²) in [6, 6.07) is 24.1. The van der Waals surface area contributed by atoms with Gasteiger partial charge in [0, 0.05) is 12.2 Å². The average Bonchev–Trinajstić information content (AvgIpc) is 2.70. The lowest BCUT2D eigenvalue weighted by atomic mass is 10.2. The molecule has 0 radical (unpaired) electrons. The average molecular weight is 348 g/mol. The van der Waals surface area contributed by atoms with Crippen LogP contribution in [0.2, 0.25) is 0 Å². The highest BCUT2D eigenvalue weighted by Gasteiger charge is 2.08. The number of hydrogen-bond acceptors (Lipinski definition) is 5. The van der Waals surface area contributed by atoms with Crippen LogP contribution in [0.5, 0.6) is 11.5 Å². The fourth-order valence-corrected chi connectivity index (χ4v) is 2.34. The predicted molar refractivity (Wildman–Crippen MR) is 101 cm³/mol. The van der Waals surface area contributed by atoms with E-state index >= 15 is 0 Å². The summed E-state index contributed by atoms with van der Waals surface area (Å²) in [6.07, 6.45) is 0. The molecular weight excluding hydrogens is 328 g/mol. The van der Waals surface area contributed by atoms with Crippen molar-refractivity contribution in [3.05, 3.63) is 90.0 Å². The van der Waals surface area contributed by atoms with Gasteiger partial charge in [-0.25, -0.2) is 10.2 Å². The van der Waals surface area contributed by atoms with Crippen LogP contribution in [0.4, 0.5) is 5.69 Å². The molecule has 0 fully saturated rings. The van der Waals surface area contributed by atoms with E-state index in [-0.39, 0.29) is 0 Å². The lowest BCUT2D eigenvalue weighted by Gasteiger charge is -2.09. The fourth-order valence-electron chi connectivity index (χ4n) is 2.34. The van der Waals surface area contributed by atoms with Crippen molar-refractivity contribution >= 4 is 11.7 Å². The Morgan fingerprint density at radius 2 is 1.50 bits per heavy atom. The van der Waals surface area contributed by atoms with Gasteiger partial charge >= 0.3 is 5.97 Å². The Balaban J connectivity index is 1.51. The first-order chi connectivity index (χ1) is 12.7. The second-order valence-electron chi connectivity index (χ2n) is 5.61. The Labute approximate surface area is 152 Å². The van der Waals surface area contributed by atoms with E-state index in [1.165, 1.54) is 0 Å². The summed E-state index contributed by atoms with van der Waals surface area (Å²) in [5.74, 6) is 0.803. The molecule has 0 unspecified atom stereocenters. The molecule has 3 aromatic carbocycles. The normalized spacial score (nSPS) is 10.2. The molecule has 0 heterocycles. The molecule has 0 aliphatic rings. The van der Waals surface area contributed by atoms with Crippen LogP contribution in [0.3, 0.4) is 0 Å². The van der Waals surface area contributed by atoms with Gasteiger partial charge in [-0.05, 0) is 54.1 Å². The zero-order chi connectivity index (χ0) is 18.2. The summed E-state index contributed by atoms with van der Waals surface area (Å²) in [4.78, 5) is 12.1. The van der Waals surface area contributed by atoms with Crippen LogP contribution in [-0.4, -0.2) is 13.1 Å². The van der Waals surface area contributed by atoms with Gasteiger partial charge in [-0.3, -0.25) is 0 Å². The predicted octanol–water partition coefficient (Wildman–Crippen LogP) is 4.03. The first-order valence-corrected chi connectivity index (χ1v) is 8.24. The maximum absolute atomic E-state index is 12.1. The first-order valence-electron chi connectivity index (χ1n) is 8.24. The molecule has 0 amide bonds. The van der Waals surface area contributed by atoms with E-state index in [2.05, 4.69) is 10.9 Å². The lowest BCUT2D eigenvalue weighted by Crippen LogP contribution is -2.20. The van der Waals surface area contributed by atoms with Gasteiger partial charge in [-0.1, -0.05) is 30.3 Å². The van der Waals surface area contributed by atoms with Gasteiger partial charge in [0.2, 0.25) is 0 Å².